The molecule has 0 aliphatic heterocycles. The minimum atomic E-state index is -0.659. The summed E-state index contributed by atoms with van der Waals surface area (Å²) in [6, 6.07) is 13.6. The molecular weight excluding hydrogens is 338 g/mol. The van der Waals surface area contributed by atoms with E-state index in [0.29, 0.717) is 12.5 Å². The third-order valence-electron chi connectivity index (χ3n) is 4.99. The summed E-state index contributed by atoms with van der Waals surface area (Å²) in [6.07, 6.45) is 6.84. The summed E-state index contributed by atoms with van der Waals surface area (Å²) < 4.78 is 0. The lowest BCUT2D eigenvalue weighted by Gasteiger charge is -2.23. The van der Waals surface area contributed by atoms with Gasteiger partial charge in [0, 0.05) is 30.8 Å². The maximum atomic E-state index is 13.0. The first-order chi connectivity index (χ1) is 13.1. The maximum Gasteiger partial charge on any atom is 0.232 e. The van der Waals surface area contributed by atoms with Gasteiger partial charge >= 0.3 is 0 Å². The van der Waals surface area contributed by atoms with Gasteiger partial charge in [0.25, 0.3) is 0 Å². The predicted octanol–water partition coefficient (Wildman–Crippen LogP) is 3.14. The normalized spacial score (nSPS) is 18.0. The average Bonchev–Trinajstić information content (AvgIpc) is 3.05. The molecule has 0 spiro atoms. The molecule has 6 heteroatoms. The molecule has 0 radical (unpaired) electrons. The molecule has 136 valence electrons. The molecule has 27 heavy (non-hydrogen) atoms. The molecule has 0 saturated carbocycles. The summed E-state index contributed by atoms with van der Waals surface area (Å²) >= 11 is 0. The topological polar surface area (TPSA) is 79.8 Å². The van der Waals surface area contributed by atoms with Crippen molar-refractivity contribution in [2.24, 2.45) is 0 Å². The van der Waals surface area contributed by atoms with E-state index in [2.05, 4.69) is 25.6 Å². The quantitative estimate of drug-likeness (QED) is 0.732. The van der Waals surface area contributed by atoms with Crippen molar-refractivity contribution in [1.29, 1.82) is 0 Å². The molecule has 1 aromatic carbocycles. The van der Waals surface area contributed by atoms with Crippen molar-refractivity contribution in [3.8, 4) is 0 Å². The summed E-state index contributed by atoms with van der Waals surface area (Å²) in [6.45, 7) is 2.41. The SMILES string of the molecule is CC1(C(=O)NCc2cccnc2)CCc2cnc(Nc3ccccc3)nc21. The summed E-state index contributed by atoms with van der Waals surface area (Å²) in [5, 5.41) is 6.24. The van der Waals surface area contributed by atoms with Crippen LogP contribution in [-0.2, 0) is 23.2 Å². The van der Waals surface area contributed by atoms with Gasteiger partial charge in [-0.15, -0.1) is 0 Å². The fourth-order valence-electron chi connectivity index (χ4n) is 3.38. The van der Waals surface area contributed by atoms with E-state index in [-0.39, 0.29) is 5.91 Å². The van der Waals surface area contributed by atoms with E-state index in [1.54, 1.807) is 12.4 Å². The number of nitrogens with one attached hydrogen (secondary N) is 2. The van der Waals surface area contributed by atoms with Gasteiger partial charge in [-0.3, -0.25) is 9.78 Å². The number of hydrogen-bond donors (Lipinski definition) is 2. The number of pyridine rings is 1. The van der Waals surface area contributed by atoms with E-state index in [1.807, 2.05) is 55.6 Å². The second-order valence-electron chi connectivity index (χ2n) is 6.93. The van der Waals surface area contributed by atoms with Gasteiger partial charge in [0.1, 0.15) is 0 Å². The standard InChI is InChI=1S/C21H21N5O/c1-21(19(27)23-13-15-6-5-11-22-12-15)10-9-16-14-24-20(26-18(16)21)25-17-7-3-2-4-8-17/h2-8,11-12,14H,9-10,13H2,1H3,(H,23,27)(H,24,25,26). The Labute approximate surface area is 158 Å². The van der Waals surface area contributed by atoms with E-state index in [1.165, 1.54) is 0 Å². The zero-order chi connectivity index (χ0) is 18.7. The zero-order valence-corrected chi connectivity index (χ0v) is 15.1. The molecule has 1 aliphatic carbocycles. The Morgan fingerprint density at radius 2 is 2.00 bits per heavy atom. The number of nitrogens with zero attached hydrogens (tertiary/aromatic N) is 3. The van der Waals surface area contributed by atoms with Crippen LogP contribution in [0.2, 0.25) is 0 Å². The summed E-state index contributed by atoms with van der Waals surface area (Å²) in [4.78, 5) is 26.1. The van der Waals surface area contributed by atoms with Crippen molar-refractivity contribution in [1.82, 2.24) is 20.3 Å². The van der Waals surface area contributed by atoms with Gasteiger partial charge in [0.2, 0.25) is 11.9 Å². The van der Waals surface area contributed by atoms with Crippen LogP contribution in [0.3, 0.4) is 0 Å². The molecule has 2 heterocycles. The molecule has 1 unspecified atom stereocenters. The second kappa shape index (κ2) is 7.15. The van der Waals surface area contributed by atoms with E-state index in [4.69, 9.17) is 0 Å². The molecule has 1 atom stereocenters. The fraction of sp³-hybridized carbons (Fsp3) is 0.238. The molecule has 0 saturated heterocycles. The molecule has 0 bridgehead atoms. The van der Waals surface area contributed by atoms with E-state index >= 15 is 0 Å². The Hall–Kier alpha value is -3.28. The van der Waals surface area contributed by atoms with Crippen molar-refractivity contribution in [3.05, 3.63) is 77.9 Å². The summed E-state index contributed by atoms with van der Waals surface area (Å²) in [7, 11) is 0. The third kappa shape index (κ3) is 3.51. The highest BCUT2D eigenvalue weighted by molar-refractivity contribution is 5.88. The number of hydrogen-bond acceptors (Lipinski definition) is 5. The number of fused-ring (bicyclic) bond motifs is 1. The number of amides is 1. The molecule has 1 amide bonds. The number of benzene rings is 1. The Bertz CT molecular complexity index is 945. The lowest BCUT2D eigenvalue weighted by atomic mass is 9.86. The smallest absolute Gasteiger partial charge is 0.232 e. The van der Waals surface area contributed by atoms with Crippen LogP contribution in [0.25, 0.3) is 0 Å². The van der Waals surface area contributed by atoms with Gasteiger partial charge in [0.05, 0.1) is 11.1 Å². The van der Waals surface area contributed by atoms with Gasteiger partial charge in [0.15, 0.2) is 0 Å². The highest BCUT2D eigenvalue weighted by Gasteiger charge is 2.42. The molecular formula is C21H21N5O. The lowest BCUT2D eigenvalue weighted by Crippen LogP contribution is -2.41. The molecule has 6 nitrogen and oxygen atoms in total. The number of anilines is 2. The average molecular weight is 359 g/mol. The Morgan fingerprint density at radius 3 is 2.78 bits per heavy atom. The summed E-state index contributed by atoms with van der Waals surface area (Å²) in [5.74, 6) is 0.489. The fourth-order valence-corrected chi connectivity index (χ4v) is 3.38. The van der Waals surface area contributed by atoms with E-state index in [9.17, 15) is 4.79 Å². The van der Waals surface area contributed by atoms with E-state index in [0.717, 1.165) is 35.3 Å². The molecule has 2 aromatic heterocycles. The first-order valence-electron chi connectivity index (χ1n) is 9.01. The van der Waals surface area contributed by atoms with Crippen molar-refractivity contribution in [2.45, 2.75) is 31.7 Å². The van der Waals surface area contributed by atoms with Crippen LogP contribution in [0.5, 0.6) is 0 Å². The minimum absolute atomic E-state index is 0.0190. The van der Waals surface area contributed by atoms with Gasteiger partial charge in [-0.2, -0.15) is 0 Å². The lowest BCUT2D eigenvalue weighted by molar-refractivity contribution is -0.126. The third-order valence-corrected chi connectivity index (χ3v) is 4.99. The van der Waals surface area contributed by atoms with Crippen LogP contribution >= 0.6 is 0 Å². The number of para-hydroxylation sites is 1. The van der Waals surface area contributed by atoms with E-state index < -0.39 is 5.41 Å². The van der Waals surface area contributed by atoms with Crippen molar-refractivity contribution >= 4 is 17.5 Å². The number of carbonyl (C=O) groups is 1. The Balaban J connectivity index is 1.53. The van der Waals surface area contributed by atoms with Gasteiger partial charge in [-0.25, -0.2) is 9.97 Å². The molecule has 2 N–H and O–H groups in total. The number of aromatic nitrogens is 3. The van der Waals surface area contributed by atoms with Crippen LogP contribution in [0.4, 0.5) is 11.6 Å². The molecule has 3 aromatic rings. The van der Waals surface area contributed by atoms with Crippen molar-refractivity contribution in [3.63, 3.8) is 0 Å². The zero-order valence-electron chi connectivity index (χ0n) is 15.1. The van der Waals surface area contributed by atoms with Crippen LogP contribution in [0.1, 0.15) is 30.2 Å². The van der Waals surface area contributed by atoms with Gasteiger partial charge < -0.3 is 10.6 Å². The van der Waals surface area contributed by atoms with Crippen molar-refractivity contribution < 1.29 is 4.79 Å². The van der Waals surface area contributed by atoms with Gasteiger partial charge in [-0.1, -0.05) is 24.3 Å². The first kappa shape index (κ1) is 17.1. The van der Waals surface area contributed by atoms with Crippen LogP contribution in [0.15, 0.2) is 61.1 Å². The largest absolute Gasteiger partial charge is 0.351 e. The Morgan fingerprint density at radius 1 is 1.15 bits per heavy atom. The van der Waals surface area contributed by atoms with Crippen LogP contribution < -0.4 is 10.6 Å². The van der Waals surface area contributed by atoms with Gasteiger partial charge in [-0.05, 0) is 49.1 Å². The number of carbonyl (C=O) groups excluding carboxylic acids is 1. The Kier molecular flexibility index (Phi) is 4.54. The summed E-state index contributed by atoms with van der Waals surface area (Å²) in [5.41, 5.74) is 3.07. The molecule has 4 rings (SSSR count). The molecule has 1 aliphatic rings. The van der Waals surface area contributed by atoms with Crippen LogP contribution in [-0.4, -0.2) is 20.9 Å². The van der Waals surface area contributed by atoms with Crippen molar-refractivity contribution in [2.75, 3.05) is 5.32 Å². The highest BCUT2D eigenvalue weighted by Crippen LogP contribution is 2.38. The predicted molar refractivity (Wildman–Crippen MR) is 104 cm³/mol. The first-order valence-corrected chi connectivity index (χ1v) is 9.01. The maximum absolute atomic E-state index is 13.0. The minimum Gasteiger partial charge on any atom is -0.351 e. The number of aryl methyl sites for hydroxylation is 1. The van der Waals surface area contributed by atoms with Crippen LogP contribution in [0, 0.1) is 0 Å². The molecule has 0 fully saturated rings. The highest BCUT2D eigenvalue weighted by atomic mass is 16.2. The monoisotopic (exact) mass is 359 g/mol. The number of rotatable bonds is 5. The second-order valence-corrected chi connectivity index (χ2v) is 6.93.